The van der Waals surface area contributed by atoms with Crippen molar-refractivity contribution >= 4 is 10.8 Å². The lowest BCUT2D eigenvalue weighted by molar-refractivity contribution is 0.192. The first-order valence-electron chi connectivity index (χ1n) is 7.10. The van der Waals surface area contributed by atoms with Crippen LogP contribution in [0.25, 0.3) is 10.8 Å². The molecule has 20 heavy (non-hydrogen) atoms. The monoisotopic (exact) mass is 273 g/mol. The molecule has 0 amide bonds. The zero-order valence-electron chi connectivity index (χ0n) is 12.3. The summed E-state index contributed by atoms with van der Waals surface area (Å²) in [6.07, 6.45) is 2.26. The Hall–Kier alpha value is -1.58. The van der Waals surface area contributed by atoms with Crippen molar-refractivity contribution in [3.63, 3.8) is 0 Å². The Bertz CT molecular complexity index is 540. The summed E-state index contributed by atoms with van der Waals surface area (Å²) in [5.74, 6) is 0.904. The van der Waals surface area contributed by atoms with Gasteiger partial charge in [-0.15, -0.1) is 0 Å². The number of methoxy groups -OCH3 is 2. The molecule has 0 fully saturated rings. The molecule has 0 unspecified atom stereocenters. The number of fused-ring (bicyclic) bond motifs is 1. The van der Waals surface area contributed by atoms with Gasteiger partial charge >= 0.3 is 0 Å². The van der Waals surface area contributed by atoms with Crippen LogP contribution in [-0.4, -0.2) is 27.4 Å². The van der Waals surface area contributed by atoms with Gasteiger partial charge < -0.3 is 14.8 Å². The highest BCUT2D eigenvalue weighted by Crippen LogP contribution is 2.21. The molecule has 108 valence electrons. The highest BCUT2D eigenvalue weighted by molar-refractivity contribution is 5.84. The first-order valence-corrected chi connectivity index (χ1v) is 7.10. The molecule has 0 aliphatic rings. The van der Waals surface area contributed by atoms with Crippen LogP contribution in [0.1, 0.15) is 18.4 Å². The van der Waals surface area contributed by atoms with Crippen molar-refractivity contribution < 1.29 is 9.47 Å². The second kappa shape index (κ2) is 7.88. The van der Waals surface area contributed by atoms with Crippen LogP contribution >= 0.6 is 0 Å². The summed E-state index contributed by atoms with van der Waals surface area (Å²) in [5.41, 5.74) is 1.31. The van der Waals surface area contributed by atoms with Gasteiger partial charge in [-0.05, 0) is 53.9 Å². The van der Waals surface area contributed by atoms with Gasteiger partial charge in [0.25, 0.3) is 0 Å². The van der Waals surface area contributed by atoms with E-state index in [1.807, 2.05) is 6.07 Å². The second-order valence-corrected chi connectivity index (χ2v) is 4.92. The third kappa shape index (κ3) is 4.22. The van der Waals surface area contributed by atoms with Gasteiger partial charge in [0.2, 0.25) is 0 Å². The van der Waals surface area contributed by atoms with Gasteiger partial charge in [0.1, 0.15) is 5.75 Å². The van der Waals surface area contributed by atoms with Crippen LogP contribution in [-0.2, 0) is 11.3 Å². The average Bonchev–Trinajstić information content (AvgIpc) is 2.50. The van der Waals surface area contributed by atoms with Crippen LogP contribution in [0.3, 0.4) is 0 Å². The van der Waals surface area contributed by atoms with Crippen molar-refractivity contribution in [3.8, 4) is 5.75 Å². The Morgan fingerprint density at radius 2 is 1.75 bits per heavy atom. The molecular weight excluding hydrogens is 250 g/mol. The van der Waals surface area contributed by atoms with Gasteiger partial charge in [0.05, 0.1) is 7.11 Å². The van der Waals surface area contributed by atoms with E-state index in [1.165, 1.54) is 16.3 Å². The van der Waals surface area contributed by atoms with Crippen LogP contribution in [0.4, 0.5) is 0 Å². The van der Waals surface area contributed by atoms with E-state index in [-0.39, 0.29) is 0 Å². The summed E-state index contributed by atoms with van der Waals surface area (Å²) in [6, 6.07) is 12.7. The molecule has 0 atom stereocenters. The zero-order valence-corrected chi connectivity index (χ0v) is 12.3. The minimum Gasteiger partial charge on any atom is -0.497 e. The topological polar surface area (TPSA) is 30.5 Å². The maximum absolute atomic E-state index is 5.24. The lowest BCUT2D eigenvalue weighted by Crippen LogP contribution is -2.15. The van der Waals surface area contributed by atoms with Crippen LogP contribution in [0.2, 0.25) is 0 Å². The third-order valence-electron chi connectivity index (χ3n) is 3.39. The lowest BCUT2D eigenvalue weighted by Gasteiger charge is -2.07. The summed E-state index contributed by atoms with van der Waals surface area (Å²) < 4.78 is 10.3. The van der Waals surface area contributed by atoms with Gasteiger partial charge in [-0.1, -0.05) is 18.2 Å². The number of hydrogen-bond donors (Lipinski definition) is 1. The minimum atomic E-state index is 0.847. The summed E-state index contributed by atoms with van der Waals surface area (Å²) in [6.45, 7) is 2.79. The quantitative estimate of drug-likeness (QED) is 0.748. The molecule has 3 heteroatoms. The van der Waals surface area contributed by atoms with E-state index in [0.29, 0.717) is 0 Å². The Kier molecular flexibility index (Phi) is 5.84. The smallest absolute Gasteiger partial charge is 0.119 e. The molecule has 2 aromatic carbocycles. The van der Waals surface area contributed by atoms with Gasteiger partial charge in [-0.3, -0.25) is 0 Å². The van der Waals surface area contributed by atoms with Crippen LogP contribution in [0, 0.1) is 0 Å². The van der Waals surface area contributed by atoms with Crippen molar-refractivity contribution in [2.24, 2.45) is 0 Å². The Morgan fingerprint density at radius 3 is 2.55 bits per heavy atom. The number of benzene rings is 2. The fourth-order valence-electron chi connectivity index (χ4n) is 2.24. The second-order valence-electron chi connectivity index (χ2n) is 4.92. The molecule has 0 aromatic heterocycles. The number of nitrogens with one attached hydrogen (secondary N) is 1. The first kappa shape index (κ1) is 14.8. The van der Waals surface area contributed by atoms with Crippen LogP contribution in [0.15, 0.2) is 36.4 Å². The molecule has 3 nitrogen and oxygen atoms in total. The zero-order chi connectivity index (χ0) is 14.2. The first-order chi connectivity index (χ1) is 9.83. The van der Waals surface area contributed by atoms with Crippen LogP contribution in [0.5, 0.6) is 5.75 Å². The molecule has 0 saturated heterocycles. The normalized spacial score (nSPS) is 10.9. The molecule has 1 N–H and O–H groups in total. The Morgan fingerprint density at radius 1 is 0.950 bits per heavy atom. The fraction of sp³-hybridized carbons (Fsp3) is 0.412. The summed E-state index contributed by atoms with van der Waals surface area (Å²) in [4.78, 5) is 0. The molecule has 0 spiro atoms. The van der Waals surface area contributed by atoms with E-state index in [1.54, 1.807) is 14.2 Å². The largest absolute Gasteiger partial charge is 0.497 e. The molecule has 0 aliphatic heterocycles. The minimum absolute atomic E-state index is 0.847. The highest BCUT2D eigenvalue weighted by Gasteiger charge is 1.99. The predicted octanol–water partition coefficient (Wildman–Crippen LogP) is 3.36. The number of hydrogen-bond acceptors (Lipinski definition) is 3. The average molecular weight is 273 g/mol. The number of rotatable bonds is 8. The third-order valence-corrected chi connectivity index (χ3v) is 3.39. The molecule has 0 saturated carbocycles. The molecule has 2 rings (SSSR count). The summed E-state index contributed by atoms with van der Waals surface area (Å²) in [7, 11) is 3.44. The van der Waals surface area contributed by atoms with Crippen molar-refractivity contribution in [3.05, 3.63) is 42.0 Å². The fourth-order valence-corrected chi connectivity index (χ4v) is 2.24. The van der Waals surface area contributed by atoms with E-state index in [4.69, 9.17) is 9.47 Å². The van der Waals surface area contributed by atoms with E-state index in [2.05, 4.69) is 35.6 Å². The lowest BCUT2D eigenvalue weighted by atomic mass is 10.1. The van der Waals surface area contributed by atoms with Crippen LogP contribution < -0.4 is 10.1 Å². The SMILES string of the molecule is COCCCCNCc1ccc2cc(OC)ccc2c1. The Balaban J connectivity index is 1.88. The number of unbranched alkanes of at least 4 members (excludes halogenated alkanes) is 1. The van der Waals surface area contributed by atoms with Gasteiger partial charge in [-0.25, -0.2) is 0 Å². The molecule has 0 bridgehead atoms. The summed E-state index contributed by atoms with van der Waals surface area (Å²) >= 11 is 0. The molecule has 2 aromatic rings. The molecule has 0 heterocycles. The van der Waals surface area contributed by atoms with E-state index < -0.39 is 0 Å². The number of ether oxygens (including phenoxy) is 2. The summed E-state index contributed by atoms with van der Waals surface area (Å²) in [5, 5.41) is 5.94. The molecular formula is C17H23NO2. The van der Waals surface area contributed by atoms with Gasteiger partial charge in [-0.2, -0.15) is 0 Å². The van der Waals surface area contributed by atoms with Crippen molar-refractivity contribution in [1.29, 1.82) is 0 Å². The van der Waals surface area contributed by atoms with Crippen molar-refractivity contribution in [2.45, 2.75) is 19.4 Å². The maximum atomic E-state index is 5.24. The van der Waals surface area contributed by atoms with E-state index in [0.717, 1.165) is 38.3 Å². The van der Waals surface area contributed by atoms with Gasteiger partial charge in [0.15, 0.2) is 0 Å². The maximum Gasteiger partial charge on any atom is 0.119 e. The van der Waals surface area contributed by atoms with E-state index >= 15 is 0 Å². The van der Waals surface area contributed by atoms with Gasteiger partial charge in [0, 0.05) is 20.3 Å². The molecule has 0 radical (unpaired) electrons. The van der Waals surface area contributed by atoms with E-state index in [9.17, 15) is 0 Å². The highest BCUT2D eigenvalue weighted by atomic mass is 16.5. The van der Waals surface area contributed by atoms with Crippen molar-refractivity contribution in [1.82, 2.24) is 5.32 Å². The van der Waals surface area contributed by atoms with Crippen molar-refractivity contribution in [2.75, 3.05) is 27.4 Å². The Labute approximate surface area is 120 Å². The molecule has 0 aliphatic carbocycles. The predicted molar refractivity (Wildman–Crippen MR) is 83.3 cm³/mol. The standard InChI is InChI=1S/C17H23NO2/c1-19-10-4-3-9-18-13-14-5-6-16-12-17(20-2)8-7-15(16)11-14/h5-8,11-12,18H,3-4,9-10,13H2,1-2H3.